The van der Waals surface area contributed by atoms with Gasteiger partial charge in [-0.25, -0.2) is 4.39 Å². The van der Waals surface area contributed by atoms with Crippen molar-refractivity contribution in [2.75, 3.05) is 6.61 Å². The summed E-state index contributed by atoms with van der Waals surface area (Å²) in [5, 5.41) is 0. The van der Waals surface area contributed by atoms with Crippen molar-refractivity contribution in [1.82, 2.24) is 0 Å². The highest BCUT2D eigenvalue weighted by Gasteiger charge is 2.27. The van der Waals surface area contributed by atoms with Gasteiger partial charge in [0.15, 0.2) is 0 Å². The first kappa shape index (κ1) is 13.7. The van der Waals surface area contributed by atoms with Crippen LogP contribution in [0.5, 0.6) is 5.75 Å². The molecule has 0 saturated heterocycles. The van der Waals surface area contributed by atoms with Crippen molar-refractivity contribution < 1.29 is 22.3 Å². The Balaban J connectivity index is 2.78. The molecule has 0 aliphatic rings. The van der Waals surface area contributed by atoms with Crippen molar-refractivity contribution in [1.29, 1.82) is 0 Å². The minimum absolute atomic E-state index is 0.0817. The van der Waals surface area contributed by atoms with Crippen LogP contribution in [0, 0.1) is 5.82 Å². The third-order valence-electron chi connectivity index (χ3n) is 1.86. The number of ether oxygens (including phenoxy) is 1. The Kier molecular flexibility index (Phi) is 4.28. The van der Waals surface area contributed by atoms with E-state index in [9.17, 15) is 17.6 Å². The Labute approximate surface area is 100 Å². The Bertz CT molecular complexity index is 419. The fourth-order valence-electron chi connectivity index (χ4n) is 1.14. The summed E-state index contributed by atoms with van der Waals surface area (Å²) in [6.45, 7) is -0.609. The van der Waals surface area contributed by atoms with Gasteiger partial charge in [-0.1, -0.05) is 18.3 Å². The molecular formula is C10H9F4NOS. The quantitative estimate of drug-likeness (QED) is 0.673. The average molecular weight is 267 g/mol. The predicted molar refractivity (Wildman–Crippen MR) is 58.5 cm³/mol. The first-order valence-electron chi connectivity index (χ1n) is 4.59. The van der Waals surface area contributed by atoms with Crippen LogP contribution in [0.3, 0.4) is 0 Å². The lowest BCUT2D eigenvalue weighted by Gasteiger charge is -2.12. The Morgan fingerprint density at radius 1 is 1.35 bits per heavy atom. The molecule has 0 unspecified atom stereocenters. The fourth-order valence-corrected chi connectivity index (χ4v) is 1.34. The Morgan fingerprint density at radius 3 is 2.53 bits per heavy atom. The number of halogens is 4. The number of thiocarbonyl (C=S) groups is 1. The number of rotatable bonds is 4. The monoisotopic (exact) mass is 267 g/mol. The van der Waals surface area contributed by atoms with E-state index in [1.54, 1.807) is 0 Å². The maximum absolute atomic E-state index is 13.3. The maximum Gasteiger partial charge on any atom is 0.392 e. The van der Waals surface area contributed by atoms with Crippen molar-refractivity contribution in [3.05, 3.63) is 29.6 Å². The van der Waals surface area contributed by atoms with Gasteiger partial charge >= 0.3 is 6.18 Å². The lowest BCUT2D eigenvalue weighted by Crippen LogP contribution is -2.17. The molecule has 0 saturated carbocycles. The van der Waals surface area contributed by atoms with E-state index in [-0.39, 0.29) is 16.3 Å². The second-order valence-corrected chi connectivity index (χ2v) is 3.63. The highest BCUT2D eigenvalue weighted by atomic mass is 32.1. The molecule has 0 aromatic heterocycles. The van der Waals surface area contributed by atoms with Crippen molar-refractivity contribution in [3.8, 4) is 5.75 Å². The predicted octanol–water partition coefficient (Wildman–Crippen LogP) is 2.79. The van der Waals surface area contributed by atoms with Gasteiger partial charge in [0.1, 0.15) is 16.6 Å². The topological polar surface area (TPSA) is 35.2 Å². The molecule has 2 nitrogen and oxygen atoms in total. The van der Waals surface area contributed by atoms with Crippen LogP contribution in [0.15, 0.2) is 18.2 Å². The normalized spacial score (nSPS) is 11.3. The van der Waals surface area contributed by atoms with Crippen LogP contribution < -0.4 is 10.5 Å². The average Bonchev–Trinajstić information content (AvgIpc) is 2.14. The fraction of sp³-hybridized carbons (Fsp3) is 0.300. The zero-order valence-electron chi connectivity index (χ0n) is 8.55. The van der Waals surface area contributed by atoms with Gasteiger partial charge < -0.3 is 10.5 Å². The smallest absolute Gasteiger partial charge is 0.392 e. The van der Waals surface area contributed by atoms with Crippen molar-refractivity contribution in [3.63, 3.8) is 0 Å². The van der Waals surface area contributed by atoms with Gasteiger partial charge in [-0.15, -0.1) is 0 Å². The number of nitrogens with two attached hydrogens (primary N) is 1. The van der Waals surface area contributed by atoms with Crippen LogP contribution in [-0.4, -0.2) is 17.8 Å². The van der Waals surface area contributed by atoms with Gasteiger partial charge in [0, 0.05) is 0 Å². The molecule has 0 heterocycles. The molecule has 1 aromatic rings. The molecule has 0 fully saturated rings. The third-order valence-corrected chi connectivity index (χ3v) is 2.07. The van der Waals surface area contributed by atoms with Gasteiger partial charge in [0.05, 0.1) is 18.6 Å². The molecule has 0 bridgehead atoms. The zero-order valence-corrected chi connectivity index (χ0v) is 9.37. The van der Waals surface area contributed by atoms with Gasteiger partial charge in [-0.2, -0.15) is 13.2 Å². The van der Waals surface area contributed by atoms with Crippen LogP contribution in [0.2, 0.25) is 0 Å². The summed E-state index contributed by atoms with van der Waals surface area (Å²) >= 11 is 4.60. The molecule has 94 valence electrons. The van der Waals surface area contributed by atoms with Crippen LogP contribution in [0.25, 0.3) is 0 Å². The lowest BCUT2D eigenvalue weighted by molar-refractivity contribution is -0.139. The van der Waals surface area contributed by atoms with E-state index < -0.39 is 25.0 Å². The molecule has 0 radical (unpaired) electrons. The molecule has 17 heavy (non-hydrogen) atoms. The van der Waals surface area contributed by atoms with Gasteiger partial charge in [0.2, 0.25) is 0 Å². The highest BCUT2D eigenvalue weighted by Crippen LogP contribution is 2.24. The molecule has 1 aromatic carbocycles. The largest absolute Gasteiger partial charge is 0.492 e. The molecule has 1 rings (SSSR count). The van der Waals surface area contributed by atoms with Gasteiger partial charge in [0.25, 0.3) is 0 Å². The highest BCUT2D eigenvalue weighted by molar-refractivity contribution is 7.80. The van der Waals surface area contributed by atoms with Crippen molar-refractivity contribution in [2.24, 2.45) is 5.73 Å². The zero-order chi connectivity index (χ0) is 13.1. The van der Waals surface area contributed by atoms with Gasteiger partial charge in [-0.05, 0) is 12.1 Å². The molecule has 2 N–H and O–H groups in total. The molecule has 0 aliphatic carbocycles. The Hall–Kier alpha value is -1.37. The summed E-state index contributed by atoms with van der Waals surface area (Å²) in [6, 6.07) is 3.72. The number of benzene rings is 1. The van der Waals surface area contributed by atoms with E-state index in [4.69, 9.17) is 10.5 Å². The van der Waals surface area contributed by atoms with E-state index in [1.165, 1.54) is 12.1 Å². The van der Waals surface area contributed by atoms with E-state index in [2.05, 4.69) is 12.2 Å². The minimum atomic E-state index is -4.32. The summed E-state index contributed by atoms with van der Waals surface area (Å²) in [5.41, 5.74) is 5.09. The first-order valence-corrected chi connectivity index (χ1v) is 5.00. The van der Waals surface area contributed by atoms with E-state index in [1.807, 2.05) is 0 Å². The van der Waals surface area contributed by atoms with E-state index in [0.717, 1.165) is 6.07 Å². The molecule has 0 spiro atoms. The summed E-state index contributed by atoms with van der Waals surface area (Å²) < 4.78 is 53.8. The van der Waals surface area contributed by atoms with E-state index in [0.29, 0.717) is 0 Å². The summed E-state index contributed by atoms with van der Waals surface area (Å²) in [5.74, 6) is -0.802. The van der Waals surface area contributed by atoms with Crippen LogP contribution >= 0.6 is 12.2 Å². The van der Waals surface area contributed by atoms with Crippen LogP contribution in [0.1, 0.15) is 12.0 Å². The molecule has 0 aliphatic heterocycles. The number of alkyl halides is 3. The van der Waals surface area contributed by atoms with E-state index >= 15 is 0 Å². The maximum atomic E-state index is 13.3. The summed E-state index contributed by atoms with van der Waals surface area (Å²) in [4.78, 5) is -0.259. The second kappa shape index (κ2) is 5.31. The first-order chi connectivity index (χ1) is 7.81. The van der Waals surface area contributed by atoms with Crippen LogP contribution in [-0.2, 0) is 0 Å². The SMILES string of the molecule is NC(=S)c1c(F)cccc1OCCC(F)(F)F. The minimum Gasteiger partial charge on any atom is -0.492 e. The molecule has 0 atom stereocenters. The second-order valence-electron chi connectivity index (χ2n) is 3.19. The summed E-state index contributed by atoms with van der Waals surface area (Å²) in [7, 11) is 0. The third kappa shape index (κ3) is 4.18. The molecular weight excluding hydrogens is 258 g/mol. The standard InChI is InChI=1S/C10H9F4NOS/c11-6-2-1-3-7(8(6)9(15)17)16-5-4-10(12,13)14/h1-3H,4-5H2,(H2,15,17). The molecule has 7 heteroatoms. The van der Waals surface area contributed by atoms with Crippen LogP contribution in [0.4, 0.5) is 17.6 Å². The van der Waals surface area contributed by atoms with Crippen molar-refractivity contribution in [2.45, 2.75) is 12.6 Å². The summed E-state index contributed by atoms with van der Waals surface area (Å²) in [6.07, 6.45) is -5.45. The lowest BCUT2D eigenvalue weighted by atomic mass is 10.2. The number of hydrogen-bond acceptors (Lipinski definition) is 2. The Morgan fingerprint density at radius 2 is 2.00 bits per heavy atom. The number of hydrogen-bond donors (Lipinski definition) is 1. The van der Waals surface area contributed by atoms with Crippen molar-refractivity contribution >= 4 is 17.2 Å². The molecule has 0 amide bonds. The van der Waals surface area contributed by atoms with Gasteiger partial charge in [-0.3, -0.25) is 0 Å².